The third kappa shape index (κ3) is 5.72. The van der Waals surface area contributed by atoms with Crippen molar-refractivity contribution in [1.82, 2.24) is 4.90 Å². The summed E-state index contributed by atoms with van der Waals surface area (Å²) in [6.07, 6.45) is 7.85. The van der Waals surface area contributed by atoms with Gasteiger partial charge in [-0.1, -0.05) is 55.7 Å². The number of benzene rings is 2. The fourth-order valence-corrected chi connectivity index (χ4v) is 3.93. The van der Waals surface area contributed by atoms with E-state index in [1.807, 2.05) is 13.1 Å². The molecule has 0 aliphatic rings. The molecule has 0 aromatic heterocycles. The number of rotatable bonds is 11. The second-order valence-corrected chi connectivity index (χ2v) is 7.93. The molecule has 2 nitrogen and oxygen atoms in total. The fraction of sp³-hybridized carbons (Fsp3) is 0.462. The summed E-state index contributed by atoms with van der Waals surface area (Å²) in [7, 11) is 4.29. The van der Waals surface area contributed by atoms with E-state index in [2.05, 4.69) is 74.9 Å². The van der Waals surface area contributed by atoms with Gasteiger partial charge in [0, 0.05) is 19.3 Å². The van der Waals surface area contributed by atoms with Crippen LogP contribution in [0.2, 0.25) is 0 Å². The van der Waals surface area contributed by atoms with Crippen molar-refractivity contribution in [2.45, 2.75) is 52.9 Å². The molecule has 0 unspecified atom stereocenters. The van der Waals surface area contributed by atoms with Gasteiger partial charge in [0.05, 0.1) is 0 Å². The summed E-state index contributed by atoms with van der Waals surface area (Å²) in [6, 6.07) is 11.3. The SMILES string of the molecule is C=CCc1c(-c2ccc(C)cc2)cc(CCN(C)CCCCC)c(NC)c1C. The van der Waals surface area contributed by atoms with Crippen LogP contribution >= 0.6 is 0 Å². The Hall–Kier alpha value is -2.06. The summed E-state index contributed by atoms with van der Waals surface area (Å²) < 4.78 is 0. The van der Waals surface area contributed by atoms with E-state index in [9.17, 15) is 0 Å². The van der Waals surface area contributed by atoms with Gasteiger partial charge in [-0.15, -0.1) is 6.58 Å². The number of nitrogens with zero attached hydrogens (tertiary/aromatic N) is 1. The van der Waals surface area contributed by atoms with Gasteiger partial charge in [0.15, 0.2) is 0 Å². The normalized spacial score (nSPS) is 11.1. The average molecular weight is 379 g/mol. The average Bonchev–Trinajstić information content (AvgIpc) is 2.69. The maximum atomic E-state index is 3.99. The lowest BCUT2D eigenvalue weighted by molar-refractivity contribution is 0.329. The quantitative estimate of drug-likeness (QED) is 0.359. The van der Waals surface area contributed by atoms with E-state index < -0.39 is 0 Å². The first kappa shape index (κ1) is 22.2. The van der Waals surface area contributed by atoms with Crippen molar-refractivity contribution in [3.05, 3.63) is 65.2 Å². The van der Waals surface area contributed by atoms with Crippen LogP contribution < -0.4 is 5.32 Å². The van der Waals surface area contributed by atoms with Gasteiger partial charge in [-0.2, -0.15) is 0 Å². The van der Waals surface area contributed by atoms with Gasteiger partial charge in [0.2, 0.25) is 0 Å². The standard InChI is InChI=1S/C26H38N2/c1-7-9-10-17-28(6)18-16-23-19-25(22-14-12-20(3)13-15-22)24(11-8-2)21(4)26(23)27-5/h8,12-15,19,27H,2,7,9-11,16-18H2,1,3-6H3. The zero-order valence-electron chi connectivity index (χ0n) is 18.6. The third-order valence-electron chi connectivity index (χ3n) is 5.66. The van der Waals surface area contributed by atoms with E-state index in [1.54, 1.807) is 0 Å². The lowest BCUT2D eigenvalue weighted by Crippen LogP contribution is -2.23. The highest BCUT2D eigenvalue weighted by Gasteiger charge is 2.15. The molecule has 152 valence electrons. The molecule has 0 aliphatic carbocycles. The minimum atomic E-state index is 0.890. The molecule has 0 radical (unpaired) electrons. The first-order valence-electron chi connectivity index (χ1n) is 10.7. The summed E-state index contributed by atoms with van der Waals surface area (Å²) in [4.78, 5) is 2.47. The van der Waals surface area contributed by atoms with Crippen LogP contribution in [0.15, 0.2) is 43.0 Å². The van der Waals surface area contributed by atoms with Crippen molar-refractivity contribution in [2.24, 2.45) is 0 Å². The molecule has 0 amide bonds. The summed E-state index contributed by atoms with van der Waals surface area (Å²) >= 11 is 0. The van der Waals surface area contributed by atoms with Crippen LogP contribution in [0, 0.1) is 13.8 Å². The predicted octanol–water partition coefficient (Wildman–Crippen LogP) is 6.41. The van der Waals surface area contributed by atoms with Crippen LogP contribution in [0.25, 0.3) is 11.1 Å². The Bertz CT molecular complexity index is 759. The Morgan fingerprint density at radius 3 is 2.39 bits per heavy atom. The molecule has 2 rings (SSSR count). The largest absolute Gasteiger partial charge is 0.388 e. The van der Waals surface area contributed by atoms with Gasteiger partial charge < -0.3 is 10.2 Å². The summed E-state index contributed by atoms with van der Waals surface area (Å²) in [5.74, 6) is 0. The van der Waals surface area contributed by atoms with E-state index in [0.717, 1.165) is 19.4 Å². The maximum absolute atomic E-state index is 3.99. The number of anilines is 1. The molecule has 2 aromatic carbocycles. The van der Waals surface area contributed by atoms with E-state index in [4.69, 9.17) is 0 Å². The van der Waals surface area contributed by atoms with Crippen molar-refractivity contribution in [3.63, 3.8) is 0 Å². The summed E-state index contributed by atoms with van der Waals surface area (Å²) in [5.41, 5.74) is 9.37. The van der Waals surface area contributed by atoms with Crippen molar-refractivity contribution in [2.75, 3.05) is 32.5 Å². The molecule has 0 fully saturated rings. The molecule has 2 aromatic rings. The van der Waals surface area contributed by atoms with E-state index in [1.165, 1.54) is 64.9 Å². The van der Waals surface area contributed by atoms with Crippen molar-refractivity contribution in [3.8, 4) is 11.1 Å². The third-order valence-corrected chi connectivity index (χ3v) is 5.66. The number of aryl methyl sites for hydroxylation is 1. The molecule has 0 heterocycles. The first-order chi connectivity index (χ1) is 13.5. The Kier molecular flexibility index (Phi) is 8.79. The molecule has 0 bridgehead atoms. The Morgan fingerprint density at radius 2 is 1.79 bits per heavy atom. The number of unbranched alkanes of at least 4 members (excludes halogenated alkanes) is 2. The van der Waals surface area contributed by atoms with E-state index in [0.29, 0.717) is 0 Å². The Morgan fingerprint density at radius 1 is 1.07 bits per heavy atom. The van der Waals surface area contributed by atoms with Crippen LogP contribution in [0.3, 0.4) is 0 Å². The number of nitrogens with one attached hydrogen (secondary N) is 1. The molecule has 0 saturated heterocycles. The molecule has 2 heteroatoms. The fourth-order valence-electron chi connectivity index (χ4n) is 3.93. The Labute approximate surface area is 172 Å². The highest BCUT2D eigenvalue weighted by atomic mass is 15.1. The molecular formula is C26H38N2. The molecule has 0 saturated carbocycles. The smallest absolute Gasteiger partial charge is 0.0403 e. The maximum Gasteiger partial charge on any atom is 0.0403 e. The minimum Gasteiger partial charge on any atom is -0.388 e. The number of hydrogen-bond donors (Lipinski definition) is 1. The van der Waals surface area contributed by atoms with Gasteiger partial charge in [-0.05, 0) is 80.6 Å². The van der Waals surface area contributed by atoms with Crippen LogP contribution in [-0.2, 0) is 12.8 Å². The van der Waals surface area contributed by atoms with E-state index in [-0.39, 0.29) is 0 Å². The zero-order valence-corrected chi connectivity index (χ0v) is 18.6. The van der Waals surface area contributed by atoms with Crippen LogP contribution in [0.5, 0.6) is 0 Å². The highest BCUT2D eigenvalue weighted by molar-refractivity contribution is 5.76. The van der Waals surface area contributed by atoms with Crippen LogP contribution in [-0.4, -0.2) is 32.1 Å². The van der Waals surface area contributed by atoms with Gasteiger partial charge in [-0.3, -0.25) is 0 Å². The van der Waals surface area contributed by atoms with Gasteiger partial charge >= 0.3 is 0 Å². The summed E-state index contributed by atoms with van der Waals surface area (Å²) in [5, 5.41) is 3.47. The van der Waals surface area contributed by atoms with Crippen LogP contribution in [0.4, 0.5) is 5.69 Å². The topological polar surface area (TPSA) is 15.3 Å². The van der Waals surface area contributed by atoms with Crippen molar-refractivity contribution < 1.29 is 0 Å². The Balaban J connectivity index is 2.36. The second kappa shape index (κ2) is 11.1. The van der Waals surface area contributed by atoms with E-state index >= 15 is 0 Å². The monoisotopic (exact) mass is 378 g/mol. The number of allylic oxidation sites excluding steroid dienone is 1. The zero-order chi connectivity index (χ0) is 20.5. The minimum absolute atomic E-state index is 0.890. The highest BCUT2D eigenvalue weighted by Crippen LogP contribution is 2.35. The molecule has 0 atom stereocenters. The van der Waals surface area contributed by atoms with Crippen LogP contribution in [0.1, 0.15) is 48.4 Å². The molecule has 1 N–H and O–H groups in total. The molecule has 0 aliphatic heterocycles. The van der Waals surface area contributed by atoms with Crippen molar-refractivity contribution in [1.29, 1.82) is 0 Å². The molecule has 28 heavy (non-hydrogen) atoms. The number of likely N-dealkylation sites (N-methyl/N-ethyl adjacent to an activating group) is 1. The lowest BCUT2D eigenvalue weighted by Gasteiger charge is -2.22. The van der Waals surface area contributed by atoms with Gasteiger partial charge in [-0.25, -0.2) is 0 Å². The summed E-state index contributed by atoms with van der Waals surface area (Å²) in [6.45, 7) is 12.9. The van der Waals surface area contributed by atoms with Crippen molar-refractivity contribution >= 4 is 5.69 Å². The first-order valence-corrected chi connectivity index (χ1v) is 10.7. The molecule has 0 spiro atoms. The number of hydrogen-bond acceptors (Lipinski definition) is 2. The lowest BCUT2D eigenvalue weighted by atomic mass is 9.88. The molecular weight excluding hydrogens is 340 g/mol. The predicted molar refractivity (Wildman–Crippen MR) is 126 cm³/mol. The van der Waals surface area contributed by atoms with Gasteiger partial charge in [0.25, 0.3) is 0 Å². The second-order valence-electron chi connectivity index (χ2n) is 7.93. The van der Waals surface area contributed by atoms with Gasteiger partial charge in [0.1, 0.15) is 0 Å².